The van der Waals surface area contributed by atoms with E-state index in [0.29, 0.717) is 0 Å². The van der Waals surface area contributed by atoms with Gasteiger partial charge < -0.3 is 0 Å². The SMILES string of the molecule is CCCCCCCCCCCCCCCCc1nc(CCCC)nc(CCCCCCCCCCCCCCCC)n1. The Hall–Kier alpha value is -0.990. The van der Waals surface area contributed by atoms with Gasteiger partial charge in [0.05, 0.1) is 0 Å². The van der Waals surface area contributed by atoms with Gasteiger partial charge >= 0.3 is 0 Å². The average molecular weight is 586 g/mol. The molecule has 1 aromatic heterocycles. The molecular weight excluding hydrogens is 510 g/mol. The van der Waals surface area contributed by atoms with Crippen molar-refractivity contribution in [3.63, 3.8) is 0 Å². The van der Waals surface area contributed by atoms with Crippen molar-refractivity contribution in [3.8, 4) is 0 Å². The van der Waals surface area contributed by atoms with E-state index in [1.165, 1.54) is 193 Å². The molecule has 0 N–H and O–H groups in total. The van der Waals surface area contributed by atoms with Crippen LogP contribution >= 0.6 is 0 Å². The smallest absolute Gasteiger partial charge is 0.132 e. The number of nitrogens with zero attached hydrogens (tertiary/aromatic N) is 3. The van der Waals surface area contributed by atoms with E-state index in [9.17, 15) is 0 Å². The van der Waals surface area contributed by atoms with E-state index in [-0.39, 0.29) is 0 Å². The molecule has 0 saturated heterocycles. The van der Waals surface area contributed by atoms with Crippen LogP contribution in [-0.4, -0.2) is 15.0 Å². The van der Waals surface area contributed by atoms with Crippen molar-refractivity contribution in [1.29, 1.82) is 0 Å². The Morgan fingerprint density at radius 3 is 0.667 bits per heavy atom. The Kier molecular flexibility index (Phi) is 29.2. The highest BCUT2D eigenvalue weighted by Gasteiger charge is 2.07. The summed E-state index contributed by atoms with van der Waals surface area (Å²) in [4.78, 5) is 14.6. The van der Waals surface area contributed by atoms with Gasteiger partial charge in [-0.1, -0.05) is 194 Å². The maximum Gasteiger partial charge on any atom is 0.132 e. The quantitative estimate of drug-likeness (QED) is 0.0770. The third-order valence-electron chi connectivity index (χ3n) is 9.04. The molecule has 0 atom stereocenters. The monoisotopic (exact) mass is 586 g/mol. The summed E-state index contributed by atoms with van der Waals surface area (Å²) in [6.45, 7) is 6.86. The second kappa shape index (κ2) is 31.4. The maximum atomic E-state index is 4.92. The van der Waals surface area contributed by atoms with Crippen LogP contribution in [0.4, 0.5) is 0 Å². The summed E-state index contributed by atoms with van der Waals surface area (Å²) >= 11 is 0. The van der Waals surface area contributed by atoms with Crippen molar-refractivity contribution < 1.29 is 0 Å². The van der Waals surface area contributed by atoms with Crippen LogP contribution < -0.4 is 0 Å². The minimum absolute atomic E-state index is 1.01. The lowest BCUT2D eigenvalue weighted by Gasteiger charge is -2.08. The van der Waals surface area contributed by atoms with Gasteiger partial charge in [0.2, 0.25) is 0 Å². The first kappa shape index (κ1) is 39.0. The predicted molar refractivity (Wildman–Crippen MR) is 186 cm³/mol. The van der Waals surface area contributed by atoms with E-state index < -0.39 is 0 Å². The molecule has 1 rings (SSSR count). The molecule has 3 heteroatoms. The molecule has 0 aromatic carbocycles. The van der Waals surface area contributed by atoms with Gasteiger partial charge in [-0.15, -0.1) is 0 Å². The summed E-state index contributed by atoms with van der Waals surface area (Å²) in [5.74, 6) is 3.18. The topological polar surface area (TPSA) is 38.7 Å². The lowest BCUT2D eigenvalue weighted by atomic mass is 10.0. The lowest BCUT2D eigenvalue weighted by molar-refractivity contribution is 0.532. The Morgan fingerprint density at radius 1 is 0.238 bits per heavy atom. The van der Waals surface area contributed by atoms with Crippen molar-refractivity contribution in [2.75, 3.05) is 0 Å². The molecule has 1 aromatic rings. The molecule has 0 aliphatic heterocycles. The van der Waals surface area contributed by atoms with E-state index in [2.05, 4.69) is 20.8 Å². The molecule has 3 nitrogen and oxygen atoms in total. The average Bonchev–Trinajstić information content (AvgIpc) is 3.00. The minimum atomic E-state index is 1.01. The van der Waals surface area contributed by atoms with Crippen LogP contribution in [0.15, 0.2) is 0 Å². The third-order valence-corrected chi connectivity index (χ3v) is 9.04. The molecule has 42 heavy (non-hydrogen) atoms. The zero-order valence-corrected chi connectivity index (χ0v) is 29.2. The van der Waals surface area contributed by atoms with Crippen molar-refractivity contribution in [2.45, 2.75) is 233 Å². The number of aromatic nitrogens is 3. The molecule has 0 bridgehead atoms. The summed E-state index contributed by atoms with van der Waals surface area (Å²) in [5.41, 5.74) is 0. The second-order valence-electron chi connectivity index (χ2n) is 13.4. The van der Waals surface area contributed by atoms with Gasteiger partial charge in [-0.05, 0) is 19.3 Å². The molecule has 0 aliphatic carbocycles. The number of hydrogen-bond acceptors (Lipinski definition) is 3. The highest BCUT2D eigenvalue weighted by atomic mass is 15.0. The predicted octanol–water partition coefficient (Wildman–Crippen LogP) is 13.3. The number of rotatable bonds is 33. The Bertz CT molecular complexity index is 623. The summed E-state index contributed by atoms with van der Waals surface area (Å²) < 4.78 is 0. The maximum absolute atomic E-state index is 4.92. The minimum Gasteiger partial charge on any atom is -0.218 e. The van der Waals surface area contributed by atoms with Crippen LogP contribution in [0.2, 0.25) is 0 Å². The molecule has 0 fully saturated rings. The number of aryl methyl sites for hydroxylation is 3. The van der Waals surface area contributed by atoms with E-state index in [1.54, 1.807) is 0 Å². The van der Waals surface area contributed by atoms with E-state index >= 15 is 0 Å². The third kappa shape index (κ3) is 25.5. The number of hydrogen-bond donors (Lipinski definition) is 0. The fourth-order valence-electron chi connectivity index (χ4n) is 6.15. The van der Waals surface area contributed by atoms with Crippen LogP contribution in [0.1, 0.15) is 231 Å². The van der Waals surface area contributed by atoms with Crippen LogP contribution in [0.3, 0.4) is 0 Å². The molecule has 0 spiro atoms. The van der Waals surface area contributed by atoms with E-state index in [4.69, 9.17) is 15.0 Å². The van der Waals surface area contributed by atoms with Gasteiger partial charge in [0.15, 0.2) is 0 Å². The largest absolute Gasteiger partial charge is 0.218 e. The van der Waals surface area contributed by atoms with Crippen molar-refractivity contribution >= 4 is 0 Å². The fourth-order valence-corrected chi connectivity index (χ4v) is 6.15. The summed E-state index contributed by atoms with van der Waals surface area (Å²) in [5, 5.41) is 0. The second-order valence-corrected chi connectivity index (χ2v) is 13.4. The van der Waals surface area contributed by atoms with Gasteiger partial charge in [0.25, 0.3) is 0 Å². The van der Waals surface area contributed by atoms with Gasteiger partial charge in [-0.3, -0.25) is 0 Å². The van der Waals surface area contributed by atoms with Crippen molar-refractivity contribution in [2.24, 2.45) is 0 Å². The van der Waals surface area contributed by atoms with Crippen molar-refractivity contribution in [3.05, 3.63) is 17.5 Å². The number of unbranched alkanes of at least 4 members (excludes halogenated alkanes) is 27. The normalized spacial score (nSPS) is 11.5. The lowest BCUT2D eigenvalue weighted by Crippen LogP contribution is -2.08. The van der Waals surface area contributed by atoms with Crippen LogP contribution in [0.25, 0.3) is 0 Å². The molecule has 246 valence electrons. The van der Waals surface area contributed by atoms with Crippen LogP contribution in [0.5, 0.6) is 0 Å². The van der Waals surface area contributed by atoms with Crippen molar-refractivity contribution in [1.82, 2.24) is 15.0 Å². The molecule has 0 amide bonds. The van der Waals surface area contributed by atoms with E-state index in [1.807, 2.05) is 0 Å². The zero-order chi connectivity index (χ0) is 30.2. The molecule has 1 heterocycles. The van der Waals surface area contributed by atoms with Gasteiger partial charge in [0.1, 0.15) is 17.5 Å². The first-order valence-electron chi connectivity index (χ1n) is 19.5. The highest BCUT2D eigenvalue weighted by molar-refractivity contribution is 4.98. The summed E-state index contributed by atoms with van der Waals surface area (Å²) in [6, 6.07) is 0. The van der Waals surface area contributed by atoms with E-state index in [0.717, 1.165) is 36.7 Å². The van der Waals surface area contributed by atoms with Gasteiger partial charge in [-0.25, -0.2) is 15.0 Å². The van der Waals surface area contributed by atoms with Gasteiger partial charge in [0, 0.05) is 19.3 Å². The molecule has 0 saturated carbocycles. The molecule has 0 aliphatic rings. The van der Waals surface area contributed by atoms with Gasteiger partial charge in [-0.2, -0.15) is 0 Å². The highest BCUT2D eigenvalue weighted by Crippen LogP contribution is 2.16. The Balaban J connectivity index is 2.11. The first-order valence-corrected chi connectivity index (χ1v) is 19.5. The summed E-state index contributed by atoms with van der Waals surface area (Å²) in [7, 11) is 0. The Morgan fingerprint density at radius 2 is 0.429 bits per heavy atom. The Labute approximate surface area is 264 Å². The standard InChI is InChI=1S/C39H75N3/c1-4-7-10-12-14-16-18-20-22-24-26-28-30-32-35-38-40-37(34-9-6-3)41-39(42-38)36-33-31-29-27-25-23-21-19-17-15-13-11-8-5-2/h4-36H2,1-3H3. The molecular formula is C39H75N3. The molecule has 0 unspecified atom stereocenters. The van der Waals surface area contributed by atoms with Crippen LogP contribution in [0, 0.1) is 0 Å². The fraction of sp³-hybridized carbons (Fsp3) is 0.923. The first-order chi connectivity index (χ1) is 20.8. The molecule has 0 radical (unpaired) electrons. The van der Waals surface area contributed by atoms with Crippen LogP contribution in [-0.2, 0) is 19.3 Å². The summed E-state index contributed by atoms with van der Waals surface area (Å²) in [6.07, 6.45) is 44.8. The zero-order valence-electron chi connectivity index (χ0n) is 29.2.